The maximum Gasteiger partial charge on any atom is 0.316 e. The summed E-state index contributed by atoms with van der Waals surface area (Å²) in [5.74, 6) is 1.05. The molecular weight excluding hydrogens is 252 g/mol. The summed E-state index contributed by atoms with van der Waals surface area (Å²) in [6, 6.07) is 3.73. The lowest BCUT2D eigenvalue weighted by molar-refractivity contribution is 0.217. The number of rotatable bonds is 4. The lowest BCUT2D eigenvalue weighted by atomic mass is 10.4. The zero-order chi connectivity index (χ0) is 13.0. The van der Waals surface area contributed by atoms with Crippen LogP contribution >= 0.6 is 11.3 Å². The van der Waals surface area contributed by atoms with Crippen molar-refractivity contribution in [3.63, 3.8) is 0 Å². The Labute approximate surface area is 109 Å². The van der Waals surface area contributed by atoms with Crippen molar-refractivity contribution in [2.75, 3.05) is 20.6 Å². The molecule has 2 amide bonds. The van der Waals surface area contributed by atoms with Gasteiger partial charge in [-0.2, -0.15) is 0 Å². The van der Waals surface area contributed by atoms with Gasteiger partial charge in [0.1, 0.15) is 0 Å². The van der Waals surface area contributed by atoms with Gasteiger partial charge >= 0.3 is 6.03 Å². The fourth-order valence-corrected chi connectivity index (χ4v) is 1.93. The molecule has 6 nitrogen and oxygen atoms in total. The number of nitrogens with one attached hydrogen (secondary N) is 1. The summed E-state index contributed by atoms with van der Waals surface area (Å²) in [5, 5.41) is 12.6. The van der Waals surface area contributed by atoms with Crippen LogP contribution in [0.2, 0.25) is 0 Å². The summed E-state index contributed by atoms with van der Waals surface area (Å²) in [4.78, 5) is 13.7. The SMILES string of the molecule is CN(C)C(=O)NCCc1nnc(-c2cccs2)o1. The van der Waals surface area contributed by atoms with Gasteiger partial charge in [0, 0.05) is 27.1 Å². The van der Waals surface area contributed by atoms with Crippen molar-refractivity contribution in [2.24, 2.45) is 0 Å². The molecule has 0 fully saturated rings. The zero-order valence-corrected chi connectivity index (χ0v) is 11.0. The van der Waals surface area contributed by atoms with Crippen LogP contribution < -0.4 is 5.32 Å². The van der Waals surface area contributed by atoms with Crippen molar-refractivity contribution in [1.82, 2.24) is 20.4 Å². The lowest BCUT2D eigenvalue weighted by Crippen LogP contribution is -2.35. The Morgan fingerprint density at radius 3 is 3.00 bits per heavy atom. The molecule has 96 valence electrons. The van der Waals surface area contributed by atoms with E-state index in [4.69, 9.17) is 4.42 Å². The fourth-order valence-electron chi connectivity index (χ4n) is 1.29. The molecule has 2 heterocycles. The van der Waals surface area contributed by atoms with E-state index in [0.717, 1.165) is 4.88 Å². The van der Waals surface area contributed by atoms with Gasteiger partial charge in [0.2, 0.25) is 5.89 Å². The first kappa shape index (κ1) is 12.6. The average molecular weight is 266 g/mol. The minimum absolute atomic E-state index is 0.131. The van der Waals surface area contributed by atoms with E-state index in [1.165, 1.54) is 4.90 Å². The number of thiophene rings is 1. The van der Waals surface area contributed by atoms with Crippen LogP contribution in [0.1, 0.15) is 5.89 Å². The van der Waals surface area contributed by atoms with E-state index >= 15 is 0 Å². The number of amides is 2. The van der Waals surface area contributed by atoms with Gasteiger partial charge in [-0.05, 0) is 11.4 Å². The first-order valence-corrected chi connectivity index (χ1v) is 6.36. The molecule has 1 N–H and O–H groups in total. The van der Waals surface area contributed by atoms with E-state index in [1.807, 2.05) is 17.5 Å². The number of urea groups is 1. The van der Waals surface area contributed by atoms with E-state index in [2.05, 4.69) is 15.5 Å². The topological polar surface area (TPSA) is 71.3 Å². The first-order valence-electron chi connectivity index (χ1n) is 5.48. The molecule has 0 aliphatic carbocycles. The monoisotopic (exact) mass is 266 g/mol. The molecule has 0 aromatic carbocycles. The maximum absolute atomic E-state index is 11.3. The summed E-state index contributed by atoms with van der Waals surface area (Å²) in [6.45, 7) is 0.475. The normalized spacial score (nSPS) is 10.3. The molecule has 0 atom stereocenters. The highest BCUT2D eigenvalue weighted by Crippen LogP contribution is 2.22. The second-order valence-corrected chi connectivity index (χ2v) is 4.80. The molecule has 0 aliphatic heterocycles. The number of aromatic nitrogens is 2. The van der Waals surface area contributed by atoms with Crippen molar-refractivity contribution >= 4 is 17.4 Å². The molecule has 0 saturated carbocycles. The van der Waals surface area contributed by atoms with Gasteiger partial charge in [0.25, 0.3) is 5.89 Å². The van der Waals surface area contributed by atoms with E-state index < -0.39 is 0 Å². The predicted molar refractivity (Wildman–Crippen MR) is 68.4 cm³/mol. The van der Waals surface area contributed by atoms with Crippen molar-refractivity contribution < 1.29 is 9.21 Å². The Kier molecular flexibility index (Phi) is 3.93. The molecule has 7 heteroatoms. The third kappa shape index (κ3) is 3.07. The van der Waals surface area contributed by atoms with E-state index in [0.29, 0.717) is 24.7 Å². The minimum atomic E-state index is -0.131. The molecule has 0 bridgehead atoms. The number of carbonyl (C=O) groups is 1. The molecule has 0 unspecified atom stereocenters. The van der Waals surface area contributed by atoms with Crippen molar-refractivity contribution in [3.8, 4) is 10.8 Å². The van der Waals surface area contributed by atoms with Gasteiger partial charge in [0.05, 0.1) is 4.88 Å². The molecule has 2 aromatic heterocycles. The van der Waals surface area contributed by atoms with Crippen molar-refractivity contribution in [2.45, 2.75) is 6.42 Å². The number of hydrogen-bond donors (Lipinski definition) is 1. The van der Waals surface area contributed by atoms with Crippen LogP contribution in [-0.2, 0) is 6.42 Å². The molecule has 2 aromatic rings. The highest BCUT2D eigenvalue weighted by Gasteiger charge is 2.09. The van der Waals surface area contributed by atoms with Crippen LogP contribution in [0.15, 0.2) is 21.9 Å². The predicted octanol–water partition coefficient (Wildman–Crippen LogP) is 1.61. The average Bonchev–Trinajstić information content (AvgIpc) is 2.98. The van der Waals surface area contributed by atoms with Crippen LogP contribution in [0.25, 0.3) is 10.8 Å². The number of hydrogen-bond acceptors (Lipinski definition) is 5. The molecular formula is C11H14N4O2S. The van der Waals surface area contributed by atoms with Crippen molar-refractivity contribution in [1.29, 1.82) is 0 Å². The fraction of sp³-hybridized carbons (Fsp3) is 0.364. The zero-order valence-electron chi connectivity index (χ0n) is 10.2. The Morgan fingerprint density at radius 2 is 2.33 bits per heavy atom. The largest absolute Gasteiger partial charge is 0.420 e. The van der Waals surface area contributed by atoms with Gasteiger partial charge in [-0.3, -0.25) is 0 Å². The highest BCUT2D eigenvalue weighted by atomic mass is 32.1. The minimum Gasteiger partial charge on any atom is -0.420 e. The van der Waals surface area contributed by atoms with Crippen LogP contribution in [-0.4, -0.2) is 41.8 Å². The van der Waals surface area contributed by atoms with Crippen LogP contribution in [0.5, 0.6) is 0 Å². The summed E-state index contributed by atoms with van der Waals surface area (Å²) >= 11 is 1.55. The summed E-state index contributed by atoms with van der Waals surface area (Å²) in [7, 11) is 3.38. The van der Waals surface area contributed by atoms with Gasteiger partial charge < -0.3 is 14.6 Å². The first-order chi connectivity index (χ1) is 8.66. The van der Waals surface area contributed by atoms with E-state index in [-0.39, 0.29) is 6.03 Å². The number of carbonyl (C=O) groups excluding carboxylic acids is 1. The van der Waals surface area contributed by atoms with E-state index in [9.17, 15) is 4.79 Å². The van der Waals surface area contributed by atoms with Gasteiger partial charge in [0.15, 0.2) is 0 Å². The van der Waals surface area contributed by atoms with Crippen molar-refractivity contribution in [3.05, 3.63) is 23.4 Å². The second kappa shape index (κ2) is 5.63. The smallest absolute Gasteiger partial charge is 0.316 e. The quantitative estimate of drug-likeness (QED) is 0.912. The van der Waals surface area contributed by atoms with Gasteiger partial charge in [-0.1, -0.05) is 6.07 Å². The Morgan fingerprint density at radius 1 is 1.50 bits per heavy atom. The molecule has 0 spiro atoms. The molecule has 0 radical (unpaired) electrons. The third-order valence-corrected chi connectivity index (χ3v) is 3.08. The maximum atomic E-state index is 11.3. The molecule has 2 rings (SSSR count). The summed E-state index contributed by atoms with van der Waals surface area (Å²) in [5.41, 5.74) is 0. The van der Waals surface area contributed by atoms with Crippen LogP contribution in [0.3, 0.4) is 0 Å². The Hall–Kier alpha value is -1.89. The summed E-state index contributed by atoms with van der Waals surface area (Å²) in [6.07, 6.45) is 0.526. The number of nitrogens with zero attached hydrogens (tertiary/aromatic N) is 3. The summed E-state index contributed by atoms with van der Waals surface area (Å²) < 4.78 is 5.49. The Bertz CT molecular complexity index is 507. The van der Waals surface area contributed by atoms with Crippen LogP contribution in [0, 0.1) is 0 Å². The third-order valence-electron chi connectivity index (χ3n) is 2.22. The highest BCUT2D eigenvalue weighted by molar-refractivity contribution is 7.13. The van der Waals surface area contributed by atoms with Crippen LogP contribution in [0.4, 0.5) is 4.79 Å². The lowest BCUT2D eigenvalue weighted by Gasteiger charge is -2.10. The van der Waals surface area contributed by atoms with Gasteiger partial charge in [-0.25, -0.2) is 4.79 Å². The molecule has 0 saturated heterocycles. The molecule has 18 heavy (non-hydrogen) atoms. The second-order valence-electron chi connectivity index (χ2n) is 3.85. The molecule has 0 aliphatic rings. The van der Waals surface area contributed by atoms with E-state index in [1.54, 1.807) is 25.4 Å². The standard InChI is InChI=1S/C11H14N4O2S/c1-15(2)11(16)12-6-5-9-13-14-10(17-9)8-4-3-7-18-8/h3-4,7H,5-6H2,1-2H3,(H,12,16). The van der Waals surface area contributed by atoms with Gasteiger partial charge in [-0.15, -0.1) is 21.5 Å². The Balaban J connectivity index is 1.86.